The molecule has 176 valence electrons. The van der Waals surface area contributed by atoms with Gasteiger partial charge >= 0.3 is 5.97 Å². The van der Waals surface area contributed by atoms with Crippen LogP contribution in [0.15, 0.2) is 59.5 Å². The van der Waals surface area contributed by atoms with E-state index in [-0.39, 0.29) is 12.5 Å². The minimum absolute atomic E-state index is 0.130. The Morgan fingerprint density at radius 3 is 2.48 bits per heavy atom. The Labute approximate surface area is 201 Å². The number of likely N-dealkylation sites (tertiary alicyclic amines) is 1. The van der Waals surface area contributed by atoms with Gasteiger partial charge in [0.25, 0.3) is 5.91 Å². The predicted molar refractivity (Wildman–Crippen MR) is 134 cm³/mol. The summed E-state index contributed by atoms with van der Waals surface area (Å²) in [5, 5.41) is 0. The largest absolute Gasteiger partial charge is 0.465 e. The first-order chi connectivity index (χ1) is 16.1. The molecule has 2 aromatic carbocycles. The van der Waals surface area contributed by atoms with Crippen molar-refractivity contribution in [2.75, 3.05) is 37.7 Å². The van der Waals surface area contributed by atoms with Crippen molar-refractivity contribution in [1.82, 2.24) is 4.90 Å². The number of ether oxygens (including phenoxy) is 1. The van der Waals surface area contributed by atoms with Gasteiger partial charge in [0.05, 0.1) is 12.3 Å². The number of rotatable bonds is 9. The van der Waals surface area contributed by atoms with E-state index in [0.717, 1.165) is 43.1 Å². The van der Waals surface area contributed by atoms with Crippen LogP contribution < -0.4 is 4.90 Å². The van der Waals surface area contributed by atoms with Crippen LogP contribution in [0.5, 0.6) is 0 Å². The zero-order valence-corrected chi connectivity index (χ0v) is 20.3. The molecule has 1 fully saturated rings. The highest BCUT2D eigenvalue weighted by Crippen LogP contribution is 2.48. The zero-order valence-electron chi connectivity index (χ0n) is 19.5. The molecule has 2 aliphatic rings. The van der Waals surface area contributed by atoms with Crippen LogP contribution in [-0.4, -0.2) is 54.3 Å². The number of anilines is 1. The molecule has 5 nitrogen and oxygen atoms in total. The van der Waals surface area contributed by atoms with Gasteiger partial charge in [0.15, 0.2) is 4.75 Å². The van der Waals surface area contributed by atoms with Crippen molar-refractivity contribution in [3.63, 3.8) is 0 Å². The highest BCUT2D eigenvalue weighted by Gasteiger charge is 2.53. The maximum Gasteiger partial charge on any atom is 0.332 e. The first-order valence-electron chi connectivity index (χ1n) is 12.2. The molecular weight excluding hydrogens is 432 g/mol. The number of amides is 1. The molecule has 0 saturated carbocycles. The van der Waals surface area contributed by atoms with Crippen LogP contribution >= 0.6 is 11.8 Å². The standard InChI is InChI=1S/C27H34N2O3S/c1-2-32-26(31)27(17-11-14-22-12-5-3-6-13-22)25(30)29(21-20-28-18-9-4-10-19-28)23-15-7-8-16-24(23)33-27/h3,5-8,12-13,15-16H,2,4,9-11,14,17-21H2,1H3. The van der Waals surface area contributed by atoms with Gasteiger partial charge in [0.2, 0.25) is 0 Å². The molecule has 0 aromatic heterocycles. The van der Waals surface area contributed by atoms with E-state index >= 15 is 0 Å². The maximum absolute atomic E-state index is 14.0. The number of piperidine rings is 1. The van der Waals surface area contributed by atoms with Crippen molar-refractivity contribution < 1.29 is 14.3 Å². The molecule has 0 spiro atoms. The normalized spacial score (nSPS) is 21.0. The Bertz CT molecular complexity index is 945. The number of hydrogen-bond acceptors (Lipinski definition) is 5. The minimum atomic E-state index is -1.24. The summed E-state index contributed by atoms with van der Waals surface area (Å²) in [4.78, 5) is 32.6. The third-order valence-corrected chi connectivity index (χ3v) is 8.02. The fraction of sp³-hybridized carbons (Fsp3) is 0.481. The second kappa shape index (κ2) is 11.2. The third-order valence-electron chi connectivity index (χ3n) is 6.56. The van der Waals surface area contributed by atoms with Gasteiger partial charge in [-0.1, -0.05) is 60.6 Å². The van der Waals surface area contributed by atoms with Gasteiger partial charge in [-0.2, -0.15) is 0 Å². The SMILES string of the molecule is CCOC(=O)C1(CCCc2ccccc2)Sc2ccccc2N(CCN2CCCCC2)C1=O. The third kappa shape index (κ3) is 5.44. The number of carbonyl (C=O) groups excluding carboxylic acids is 2. The Hall–Kier alpha value is -2.31. The summed E-state index contributed by atoms with van der Waals surface area (Å²) < 4.78 is 4.26. The summed E-state index contributed by atoms with van der Waals surface area (Å²) in [5.41, 5.74) is 2.12. The zero-order chi connectivity index (χ0) is 23.1. The van der Waals surface area contributed by atoms with E-state index in [1.165, 1.54) is 36.6 Å². The van der Waals surface area contributed by atoms with Crippen molar-refractivity contribution >= 4 is 29.3 Å². The van der Waals surface area contributed by atoms with E-state index in [1.807, 2.05) is 47.4 Å². The van der Waals surface area contributed by atoms with Crippen LogP contribution in [0.4, 0.5) is 5.69 Å². The summed E-state index contributed by atoms with van der Waals surface area (Å²) in [6.45, 7) is 5.65. The fourth-order valence-corrected chi connectivity index (χ4v) is 6.19. The number of para-hydroxylation sites is 1. The smallest absolute Gasteiger partial charge is 0.332 e. The first kappa shape index (κ1) is 23.8. The minimum Gasteiger partial charge on any atom is -0.465 e. The van der Waals surface area contributed by atoms with E-state index in [1.54, 1.807) is 6.92 Å². The molecule has 2 aliphatic heterocycles. The van der Waals surface area contributed by atoms with Gasteiger partial charge < -0.3 is 14.5 Å². The van der Waals surface area contributed by atoms with E-state index in [2.05, 4.69) is 17.0 Å². The number of thioether (sulfide) groups is 1. The van der Waals surface area contributed by atoms with Crippen molar-refractivity contribution in [2.24, 2.45) is 0 Å². The van der Waals surface area contributed by atoms with Crippen molar-refractivity contribution in [3.05, 3.63) is 60.2 Å². The summed E-state index contributed by atoms with van der Waals surface area (Å²) in [6, 6.07) is 18.2. The molecular formula is C27H34N2O3S. The first-order valence-corrected chi connectivity index (χ1v) is 13.0. The van der Waals surface area contributed by atoms with E-state index in [0.29, 0.717) is 13.0 Å². The van der Waals surface area contributed by atoms with Crippen LogP contribution in [-0.2, 0) is 20.7 Å². The number of esters is 1. The topological polar surface area (TPSA) is 49.9 Å². The predicted octanol–water partition coefficient (Wildman–Crippen LogP) is 4.94. The molecule has 2 heterocycles. The number of hydrogen-bond donors (Lipinski definition) is 0. The maximum atomic E-state index is 14.0. The van der Waals surface area contributed by atoms with Crippen LogP contribution in [0.2, 0.25) is 0 Å². The summed E-state index contributed by atoms with van der Waals surface area (Å²) >= 11 is 1.38. The fourth-order valence-electron chi connectivity index (χ4n) is 4.79. The van der Waals surface area contributed by atoms with Gasteiger partial charge in [-0.3, -0.25) is 4.79 Å². The number of carbonyl (C=O) groups is 2. The Kier molecular flexibility index (Phi) is 8.10. The second-order valence-corrected chi connectivity index (χ2v) is 10.2. The monoisotopic (exact) mass is 466 g/mol. The van der Waals surface area contributed by atoms with Gasteiger partial charge in [-0.25, -0.2) is 4.79 Å². The van der Waals surface area contributed by atoms with Crippen LogP contribution in [0, 0.1) is 0 Å². The van der Waals surface area contributed by atoms with Gasteiger partial charge in [0, 0.05) is 18.0 Å². The molecule has 33 heavy (non-hydrogen) atoms. The van der Waals surface area contributed by atoms with E-state index < -0.39 is 10.7 Å². The number of nitrogens with zero attached hydrogens (tertiary/aromatic N) is 2. The lowest BCUT2D eigenvalue weighted by Gasteiger charge is -2.41. The molecule has 1 atom stereocenters. The molecule has 6 heteroatoms. The summed E-state index contributed by atoms with van der Waals surface area (Å²) in [5.74, 6) is -0.541. The van der Waals surface area contributed by atoms with Crippen LogP contribution in [0.25, 0.3) is 0 Å². The average molecular weight is 467 g/mol. The molecule has 1 unspecified atom stereocenters. The Balaban J connectivity index is 1.58. The van der Waals surface area contributed by atoms with Gasteiger partial charge in [-0.05, 0) is 69.8 Å². The van der Waals surface area contributed by atoms with Gasteiger partial charge in [-0.15, -0.1) is 0 Å². The number of aryl methyl sites for hydroxylation is 1. The Morgan fingerprint density at radius 2 is 1.73 bits per heavy atom. The summed E-state index contributed by atoms with van der Waals surface area (Å²) in [6.07, 6.45) is 5.74. The molecule has 4 rings (SSSR count). The molecule has 0 aliphatic carbocycles. The lowest BCUT2D eigenvalue weighted by atomic mass is 9.96. The molecule has 0 radical (unpaired) electrons. The summed E-state index contributed by atoms with van der Waals surface area (Å²) in [7, 11) is 0. The van der Waals surface area contributed by atoms with Crippen LogP contribution in [0.1, 0.15) is 44.6 Å². The molecule has 1 amide bonds. The van der Waals surface area contributed by atoms with E-state index in [9.17, 15) is 9.59 Å². The van der Waals surface area contributed by atoms with Crippen LogP contribution in [0.3, 0.4) is 0 Å². The van der Waals surface area contributed by atoms with Crippen molar-refractivity contribution in [3.8, 4) is 0 Å². The molecule has 0 bridgehead atoms. The molecule has 1 saturated heterocycles. The number of benzene rings is 2. The van der Waals surface area contributed by atoms with Crippen molar-refractivity contribution in [1.29, 1.82) is 0 Å². The lowest BCUT2D eigenvalue weighted by molar-refractivity contribution is -0.149. The highest BCUT2D eigenvalue weighted by atomic mass is 32.2. The quantitative estimate of drug-likeness (QED) is 0.387. The van der Waals surface area contributed by atoms with E-state index in [4.69, 9.17) is 4.74 Å². The number of fused-ring (bicyclic) bond motifs is 1. The Morgan fingerprint density at radius 1 is 1.00 bits per heavy atom. The van der Waals surface area contributed by atoms with Crippen molar-refractivity contribution in [2.45, 2.75) is 55.1 Å². The average Bonchev–Trinajstić information content (AvgIpc) is 2.85. The molecule has 0 N–H and O–H groups in total. The van der Waals surface area contributed by atoms with Gasteiger partial charge in [0.1, 0.15) is 0 Å². The second-order valence-electron chi connectivity index (χ2n) is 8.82. The molecule has 2 aromatic rings. The lowest BCUT2D eigenvalue weighted by Crippen LogP contribution is -2.56. The highest BCUT2D eigenvalue weighted by molar-refractivity contribution is 8.02.